The first-order chi connectivity index (χ1) is 21.8. The molecule has 0 spiro atoms. The fraction of sp³-hybridized carbons (Fsp3) is 0.379. The fourth-order valence-electron chi connectivity index (χ4n) is 5.68. The molecule has 3 amide bonds. The first-order valence-corrected chi connectivity index (χ1v) is 15.6. The third-order valence-corrected chi connectivity index (χ3v) is 8.62. The third-order valence-electron chi connectivity index (χ3n) is 7.89. The second-order valence-electron chi connectivity index (χ2n) is 10.7. The number of fused-ring (bicyclic) bond motifs is 1. The van der Waals surface area contributed by atoms with Crippen LogP contribution in [0.2, 0.25) is 0 Å². The monoisotopic (exact) mass is 639 g/mol. The molecule has 0 radical (unpaired) electrons. The number of ether oxygens (including phenoxy) is 1. The first-order valence-electron chi connectivity index (χ1n) is 14.4. The summed E-state index contributed by atoms with van der Waals surface area (Å²) in [6, 6.07) is 6.63. The molecule has 13 nitrogen and oxygen atoms in total. The SMILES string of the molecule is CSc1ccc(OC(F)F)c(-c2nn(CC(=O)N3CCC(N4CCNC(=O)C4)CC3)cc2NC(=O)c2cnn3cccnc23)c1. The number of alkyl halides is 2. The van der Waals surface area contributed by atoms with Gasteiger partial charge in [-0.2, -0.15) is 19.0 Å². The quantitative estimate of drug-likeness (QED) is 0.265. The lowest BCUT2D eigenvalue weighted by molar-refractivity contribution is -0.134. The highest BCUT2D eigenvalue weighted by Gasteiger charge is 2.30. The van der Waals surface area contributed by atoms with E-state index in [0.29, 0.717) is 31.8 Å². The van der Waals surface area contributed by atoms with Crippen molar-refractivity contribution in [3.8, 4) is 17.0 Å². The van der Waals surface area contributed by atoms with Gasteiger partial charge in [0.05, 0.1) is 18.4 Å². The number of piperazine rings is 1. The number of piperidine rings is 1. The Morgan fingerprint density at radius 1 is 1.22 bits per heavy atom. The summed E-state index contributed by atoms with van der Waals surface area (Å²) in [4.78, 5) is 47.5. The number of thioether (sulfide) groups is 1. The molecule has 0 atom stereocenters. The van der Waals surface area contributed by atoms with Crippen LogP contribution in [-0.4, -0.2) is 104 Å². The number of nitrogens with one attached hydrogen (secondary N) is 2. The number of amides is 3. The van der Waals surface area contributed by atoms with E-state index in [-0.39, 0.29) is 52.7 Å². The molecule has 236 valence electrons. The Balaban J connectivity index is 1.26. The molecule has 0 bridgehead atoms. The predicted octanol–water partition coefficient (Wildman–Crippen LogP) is 2.59. The number of halogens is 2. The van der Waals surface area contributed by atoms with Crippen LogP contribution in [0.25, 0.3) is 16.9 Å². The molecule has 2 aliphatic rings. The van der Waals surface area contributed by atoms with Crippen molar-refractivity contribution in [2.75, 3.05) is 44.3 Å². The number of rotatable bonds is 9. The van der Waals surface area contributed by atoms with Gasteiger partial charge in [-0.3, -0.25) is 24.0 Å². The third kappa shape index (κ3) is 6.76. The van der Waals surface area contributed by atoms with Crippen LogP contribution in [0.4, 0.5) is 14.5 Å². The lowest BCUT2D eigenvalue weighted by Gasteiger charge is -2.39. The lowest BCUT2D eigenvalue weighted by Crippen LogP contribution is -2.54. The van der Waals surface area contributed by atoms with Gasteiger partial charge in [-0.15, -0.1) is 11.8 Å². The van der Waals surface area contributed by atoms with Gasteiger partial charge in [-0.1, -0.05) is 0 Å². The van der Waals surface area contributed by atoms with E-state index in [1.165, 1.54) is 45.6 Å². The smallest absolute Gasteiger partial charge is 0.387 e. The Kier molecular flexibility index (Phi) is 8.93. The van der Waals surface area contributed by atoms with Crippen molar-refractivity contribution in [2.24, 2.45) is 0 Å². The number of anilines is 1. The van der Waals surface area contributed by atoms with E-state index in [1.54, 1.807) is 29.3 Å². The minimum Gasteiger partial charge on any atom is -0.434 e. The standard InChI is InChI=1S/C29H31F2N9O4S/c1-45-19-3-4-23(44-29(30)31)20(13-19)26-22(35-28(43)21-14-34-40-9-2-7-33-27(21)40)15-39(36-26)17-25(42)37-10-5-18(6-11-37)38-12-8-32-24(41)16-38/h2-4,7,9,13-15,18,29H,5-6,8,10-12,16-17H2,1H3,(H,32,41)(H,35,43). The van der Waals surface area contributed by atoms with E-state index in [0.717, 1.165) is 24.3 Å². The van der Waals surface area contributed by atoms with Crippen LogP contribution in [0.1, 0.15) is 23.2 Å². The van der Waals surface area contributed by atoms with Gasteiger partial charge >= 0.3 is 6.61 Å². The largest absolute Gasteiger partial charge is 0.434 e. The Labute approximate surface area is 260 Å². The van der Waals surface area contributed by atoms with E-state index >= 15 is 0 Å². The minimum atomic E-state index is -3.09. The van der Waals surface area contributed by atoms with Gasteiger partial charge in [0.2, 0.25) is 11.8 Å². The summed E-state index contributed by atoms with van der Waals surface area (Å²) in [6.45, 7) is -0.384. The first kappa shape index (κ1) is 30.5. The zero-order valence-electron chi connectivity index (χ0n) is 24.4. The summed E-state index contributed by atoms with van der Waals surface area (Å²) in [5, 5.41) is 14.4. The second-order valence-corrected chi connectivity index (χ2v) is 11.5. The second kappa shape index (κ2) is 13.2. The Morgan fingerprint density at radius 3 is 2.80 bits per heavy atom. The van der Waals surface area contributed by atoms with Gasteiger partial charge in [0.15, 0.2) is 5.65 Å². The molecular weight excluding hydrogens is 608 g/mol. The molecule has 2 N–H and O–H groups in total. The zero-order valence-corrected chi connectivity index (χ0v) is 25.2. The van der Waals surface area contributed by atoms with Crippen LogP contribution in [0, 0.1) is 0 Å². The molecule has 5 heterocycles. The summed E-state index contributed by atoms with van der Waals surface area (Å²) in [5.74, 6) is -0.826. The van der Waals surface area contributed by atoms with Gasteiger partial charge in [0.25, 0.3) is 5.91 Å². The van der Waals surface area contributed by atoms with Crippen molar-refractivity contribution < 1.29 is 27.9 Å². The van der Waals surface area contributed by atoms with Crippen LogP contribution < -0.4 is 15.4 Å². The Morgan fingerprint density at radius 2 is 2.04 bits per heavy atom. The molecule has 0 aliphatic carbocycles. The summed E-state index contributed by atoms with van der Waals surface area (Å²) in [5.41, 5.74) is 1.12. The van der Waals surface area contributed by atoms with E-state index in [1.807, 2.05) is 6.26 Å². The molecule has 3 aromatic heterocycles. The number of nitrogens with zero attached hydrogens (tertiary/aromatic N) is 7. The van der Waals surface area contributed by atoms with E-state index < -0.39 is 12.5 Å². The van der Waals surface area contributed by atoms with Crippen molar-refractivity contribution >= 4 is 40.8 Å². The van der Waals surface area contributed by atoms with Gasteiger partial charge in [0, 0.05) is 61.3 Å². The molecular formula is C29H31F2N9O4S. The number of aromatic nitrogens is 5. The molecule has 2 aliphatic heterocycles. The molecule has 2 saturated heterocycles. The number of carbonyl (C=O) groups is 3. The molecule has 4 aromatic rings. The zero-order chi connectivity index (χ0) is 31.5. The summed E-state index contributed by atoms with van der Waals surface area (Å²) in [7, 11) is 0. The predicted molar refractivity (Wildman–Crippen MR) is 161 cm³/mol. The lowest BCUT2D eigenvalue weighted by atomic mass is 10.0. The van der Waals surface area contributed by atoms with Crippen molar-refractivity contribution in [3.63, 3.8) is 0 Å². The average Bonchev–Trinajstić information content (AvgIpc) is 3.65. The van der Waals surface area contributed by atoms with Crippen molar-refractivity contribution in [1.29, 1.82) is 0 Å². The Bertz CT molecular complexity index is 1720. The van der Waals surface area contributed by atoms with Crippen LogP contribution in [0.5, 0.6) is 5.75 Å². The molecule has 6 rings (SSSR count). The number of likely N-dealkylation sites (tertiary alicyclic amines) is 1. The maximum absolute atomic E-state index is 13.4. The van der Waals surface area contributed by atoms with Gasteiger partial charge < -0.3 is 20.3 Å². The minimum absolute atomic E-state index is 0.0140. The van der Waals surface area contributed by atoms with Gasteiger partial charge in [-0.25, -0.2) is 9.50 Å². The highest BCUT2D eigenvalue weighted by Crippen LogP contribution is 2.38. The van der Waals surface area contributed by atoms with E-state index in [4.69, 9.17) is 4.74 Å². The molecule has 2 fully saturated rings. The summed E-state index contributed by atoms with van der Waals surface area (Å²) in [6.07, 6.45) is 9.40. The average molecular weight is 640 g/mol. The maximum Gasteiger partial charge on any atom is 0.387 e. The number of hydrogen-bond acceptors (Lipinski definition) is 9. The Hall–Kier alpha value is -4.57. The summed E-state index contributed by atoms with van der Waals surface area (Å²) < 4.78 is 34.4. The summed E-state index contributed by atoms with van der Waals surface area (Å²) >= 11 is 1.40. The normalized spacial score (nSPS) is 16.3. The topological polar surface area (TPSA) is 139 Å². The van der Waals surface area contributed by atoms with Crippen molar-refractivity contribution in [2.45, 2.75) is 36.9 Å². The van der Waals surface area contributed by atoms with Crippen LogP contribution in [-0.2, 0) is 16.1 Å². The van der Waals surface area contributed by atoms with Gasteiger partial charge in [-0.05, 0) is 43.4 Å². The number of carbonyl (C=O) groups excluding carboxylic acids is 3. The van der Waals surface area contributed by atoms with E-state index in [9.17, 15) is 23.2 Å². The van der Waals surface area contributed by atoms with Crippen LogP contribution in [0.3, 0.4) is 0 Å². The molecule has 0 unspecified atom stereocenters. The van der Waals surface area contributed by atoms with Gasteiger partial charge in [0.1, 0.15) is 23.6 Å². The molecule has 16 heteroatoms. The number of hydrogen-bond donors (Lipinski definition) is 2. The molecule has 0 saturated carbocycles. The molecule has 45 heavy (non-hydrogen) atoms. The fourth-order valence-corrected chi connectivity index (χ4v) is 6.12. The van der Waals surface area contributed by atoms with Crippen molar-refractivity contribution in [3.05, 3.63) is 54.6 Å². The highest BCUT2D eigenvalue weighted by molar-refractivity contribution is 7.98. The maximum atomic E-state index is 13.4. The van der Waals surface area contributed by atoms with Crippen molar-refractivity contribution in [1.82, 2.24) is 39.5 Å². The number of benzene rings is 1. The highest BCUT2D eigenvalue weighted by atomic mass is 32.2. The van der Waals surface area contributed by atoms with Crippen LogP contribution in [0.15, 0.2) is 53.9 Å². The van der Waals surface area contributed by atoms with E-state index in [2.05, 4.69) is 30.7 Å². The molecule has 1 aromatic carbocycles. The van der Waals surface area contributed by atoms with Crippen LogP contribution >= 0.6 is 11.8 Å².